The zero-order valence-electron chi connectivity index (χ0n) is 18.5. The van der Waals surface area contributed by atoms with E-state index in [1.54, 1.807) is 0 Å². The summed E-state index contributed by atoms with van der Waals surface area (Å²) in [6, 6.07) is 14.7. The summed E-state index contributed by atoms with van der Waals surface area (Å²) in [5, 5.41) is 3.54. The third-order valence-corrected chi connectivity index (χ3v) is 6.18. The highest BCUT2D eigenvalue weighted by Gasteiger charge is 2.23. The third kappa shape index (κ3) is 6.06. The molecule has 2 aliphatic rings. The number of carbonyl (C=O) groups excluding carboxylic acids is 1. The molecular formula is C25H32FN3O3. The number of morpholine rings is 1. The molecule has 7 heteroatoms. The Kier molecular flexibility index (Phi) is 8.09. The summed E-state index contributed by atoms with van der Waals surface area (Å²) in [6.07, 6.45) is 2.15. The van der Waals surface area contributed by atoms with Gasteiger partial charge in [0, 0.05) is 50.9 Å². The van der Waals surface area contributed by atoms with Crippen LogP contribution < -0.4 is 10.1 Å². The average molecular weight is 442 g/mol. The summed E-state index contributed by atoms with van der Waals surface area (Å²) >= 11 is 0. The smallest absolute Gasteiger partial charge is 0.260 e. The maximum absolute atomic E-state index is 13.4. The minimum absolute atomic E-state index is 0.0500. The molecule has 0 aromatic heterocycles. The standard InChI is InChI=1S/C25H32FN3O3/c26-22-9-7-20(8-10-22)23(28-13-15-31-16-14-28)18-27-17-21-5-1-2-6-24(21)32-19-25(30)29-11-3-4-12-29/h1-2,5-10,23,27H,3-4,11-19H2/t23-/m1/s1. The minimum Gasteiger partial charge on any atom is -0.483 e. The van der Waals surface area contributed by atoms with Crippen molar-refractivity contribution >= 4 is 5.91 Å². The Morgan fingerprint density at radius 3 is 2.50 bits per heavy atom. The van der Waals surface area contributed by atoms with Crippen molar-refractivity contribution in [3.05, 3.63) is 65.5 Å². The zero-order valence-corrected chi connectivity index (χ0v) is 18.5. The summed E-state index contributed by atoms with van der Waals surface area (Å²) in [7, 11) is 0. The maximum atomic E-state index is 13.4. The van der Waals surface area contributed by atoms with Crippen LogP contribution in [0.2, 0.25) is 0 Å². The highest BCUT2D eigenvalue weighted by molar-refractivity contribution is 5.78. The number of nitrogens with one attached hydrogen (secondary N) is 1. The van der Waals surface area contributed by atoms with Crippen LogP contribution in [-0.4, -0.2) is 68.3 Å². The van der Waals surface area contributed by atoms with Crippen molar-refractivity contribution < 1.29 is 18.7 Å². The zero-order chi connectivity index (χ0) is 22.2. The second kappa shape index (κ2) is 11.4. The monoisotopic (exact) mass is 441 g/mol. The molecule has 2 aliphatic heterocycles. The van der Waals surface area contributed by atoms with Gasteiger partial charge in [0.1, 0.15) is 11.6 Å². The molecular weight excluding hydrogens is 409 g/mol. The van der Waals surface area contributed by atoms with Gasteiger partial charge in [-0.1, -0.05) is 30.3 Å². The maximum Gasteiger partial charge on any atom is 0.260 e. The Bertz CT molecular complexity index is 865. The van der Waals surface area contributed by atoms with Crippen LogP contribution in [-0.2, 0) is 16.1 Å². The summed E-state index contributed by atoms with van der Waals surface area (Å²) in [6.45, 7) is 6.18. The number of amides is 1. The Hall–Kier alpha value is -2.48. The number of para-hydroxylation sites is 1. The van der Waals surface area contributed by atoms with E-state index in [0.717, 1.165) is 55.9 Å². The van der Waals surface area contributed by atoms with Gasteiger partial charge in [-0.3, -0.25) is 9.69 Å². The SMILES string of the molecule is O=C(COc1ccccc1CNC[C@H](c1ccc(F)cc1)N1CCOCC1)N1CCCC1. The summed E-state index contributed by atoms with van der Waals surface area (Å²) in [5.41, 5.74) is 2.10. The van der Waals surface area contributed by atoms with Crippen molar-refractivity contribution in [1.82, 2.24) is 15.1 Å². The van der Waals surface area contributed by atoms with Gasteiger partial charge in [0.25, 0.3) is 5.91 Å². The molecule has 2 aromatic carbocycles. The Labute approximate surface area is 189 Å². The third-order valence-electron chi connectivity index (χ3n) is 6.18. The second-order valence-corrected chi connectivity index (χ2v) is 8.33. The molecule has 0 saturated carbocycles. The quantitative estimate of drug-likeness (QED) is 0.649. The van der Waals surface area contributed by atoms with E-state index in [9.17, 15) is 9.18 Å². The summed E-state index contributed by atoms with van der Waals surface area (Å²) < 4.78 is 24.8. The lowest BCUT2D eigenvalue weighted by atomic mass is 10.0. The number of nitrogens with zero attached hydrogens (tertiary/aromatic N) is 2. The number of halogens is 1. The molecule has 2 aromatic rings. The first-order chi connectivity index (χ1) is 15.7. The number of hydrogen-bond acceptors (Lipinski definition) is 5. The van der Waals surface area contributed by atoms with E-state index in [2.05, 4.69) is 10.2 Å². The molecule has 1 atom stereocenters. The van der Waals surface area contributed by atoms with Crippen LogP contribution in [0, 0.1) is 5.82 Å². The van der Waals surface area contributed by atoms with E-state index in [1.807, 2.05) is 41.3 Å². The molecule has 32 heavy (non-hydrogen) atoms. The van der Waals surface area contributed by atoms with Crippen LogP contribution in [0.15, 0.2) is 48.5 Å². The second-order valence-electron chi connectivity index (χ2n) is 8.33. The molecule has 2 saturated heterocycles. The van der Waals surface area contributed by atoms with Crippen LogP contribution in [0.25, 0.3) is 0 Å². The van der Waals surface area contributed by atoms with Crippen molar-refractivity contribution in [1.29, 1.82) is 0 Å². The van der Waals surface area contributed by atoms with Crippen molar-refractivity contribution in [2.45, 2.75) is 25.4 Å². The van der Waals surface area contributed by atoms with Crippen LogP contribution in [0.1, 0.15) is 30.0 Å². The van der Waals surface area contributed by atoms with Gasteiger partial charge in [-0.25, -0.2) is 4.39 Å². The molecule has 0 spiro atoms. The number of hydrogen-bond donors (Lipinski definition) is 1. The molecule has 1 N–H and O–H groups in total. The molecule has 0 aliphatic carbocycles. The van der Waals surface area contributed by atoms with E-state index in [-0.39, 0.29) is 24.4 Å². The van der Waals surface area contributed by atoms with Gasteiger partial charge in [0.15, 0.2) is 6.61 Å². The van der Waals surface area contributed by atoms with Gasteiger partial charge in [-0.2, -0.15) is 0 Å². The van der Waals surface area contributed by atoms with Crippen LogP contribution >= 0.6 is 0 Å². The number of likely N-dealkylation sites (tertiary alicyclic amines) is 1. The van der Waals surface area contributed by atoms with Crippen LogP contribution in [0.3, 0.4) is 0 Å². The molecule has 0 radical (unpaired) electrons. The van der Waals surface area contributed by atoms with Crippen molar-refractivity contribution in [2.75, 3.05) is 52.5 Å². The highest BCUT2D eigenvalue weighted by Crippen LogP contribution is 2.23. The van der Waals surface area contributed by atoms with Gasteiger partial charge in [-0.15, -0.1) is 0 Å². The molecule has 1 amide bonds. The van der Waals surface area contributed by atoms with Crippen molar-refractivity contribution in [3.8, 4) is 5.75 Å². The molecule has 2 fully saturated rings. The molecule has 2 heterocycles. The predicted octanol–water partition coefficient (Wildman–Crippen LogP) is 2.99. The first kappa shape index (κ1) is 22.7. The van der Waals surface area contributed by atoms with Gasteiger partial charge in [0.05, 0.1) is 13.2 Å². The largest absolute Gasteiger partial charge is 0.483 e. The van der Waals surface area contributed by atoms with Gasteiger partial charge in [0.2, 0.25) is 0 Å². The number of ether oxygens (including phenoxy) is 2. The predicted molar refractivity (Wildman–Crippen MR) is 121 cm³/mol. The lowest BCUT2D eigenvalue weighted by molar-refractivity contribution is -0.132. The lowest BCUT2D eigenvalue weighted by Gasteiger charge is -2.35. The van der Waals surface area contributed by atoms with E-state index >= 15 is 0 Å². The molecule has 172 valence electrons. The Balaban J connectivity index is 1.36. The fourth-order valence-electron chi connectivity index (χ4n) is 4.36. The van der Waals surface area contributed by atoms with E-state index in [0.29, 0.717) is 26.3 Å². The first-order valence-electron chi connectivity index (χ1n) is 11.5. The Morgan fingerprint density at radius 2 is 1.75 bits per heavy atom. The average Bonchev–Trinajstić information content (AvgIpc) is 3.38. The molecule has 6 nitrogen and oxygen atoms in total. The summed E-state index contributed by atoms with van der Waals surface area (Å²) in [4.78, 5) is 16.6. The van der Waals surface area contributed by atoms with Crippen molar-refractivity contribution in [3.63, 3.8) is 0 Å². The van der Waals surface area contributed by atoms with E-state index in [1.165, 1.54) is 12.1 Å². The van der Waals surface area contributed by atoms with Gasteiger partial charge >= 0.3 is 0 Å². The topological polar surface area (TPSA) is 54.0 Å². The molecule has 4 rings (SSSR count). The number of rotatable bonds is 9. The first-order valence-corrected chi connectivity index (χ1v) is 11.5. The molecule has 0 unspecified atom stereocenters. The van der Waals surface area contributed by atoms with Gasteiger partial charge in [-0.05, 0) is 36.6 Å². The fraction of sp³-hybridized carbons (Fsp3) is 0.480. The number of carbonyl (C=O) groups is 1. The normalized spacial score (nSPS) is 18.0. The van der Waals surface area contributed by atoms with E-state index < -0.39 is 0 Å². The fourth-order valence-corrected chi connectivity index (χ4v) is 4.36. The van der Waals surface area contributed by atoms with Crippen LogP contribution in [0.5, 0.6) is 5.75 Å². The number of benzene rings is 2. The Morgan fingerprint density at radius 1 is 1.03 bits per heavy atom. The lowest BCUT2D eigenvalue weighted by Crippen LogP contribution is -2.42. The van der Waals surface area contributed by atoms with Crippen LogP contribution in [0.4, 0.5) is 4.39 Å². The van der Waals surface area contributed by atoms with Gasteiger partial charge < -0.3 is 19.7 Å². The summed E-state index contributed by atoms with van der Waals surface area (Å²) in [5.74, 6) is 0.559. The molecule has 0 bridgehead atoms. The minimum atomic E-state index is -0.225. The van der Waals surface area contributed by atoms with Crippen molar-refractivity contribution in [2.24, 2.45) is 0 Å². The highest BCUT2D eigenvalue weighted by atomic mass is 19.1. The van der Waals surface area contributed by atoms with E-state index in [4.69, 9.17) is 9.47 Å².